The Balaban J connectivity index is 1.76. The van der Waals surface area contributed by atoms with Gasteiger partial charge in [0.1, 0.15) is 5.82 Å². The fourth-order valence-corrected chi connectivity index (χ4v) is 3.10. The Labute approximate surface area is 162 Å². The second kappa shape index (κ2) is 8.35. The van der Waals surface area contributed by atoms with Crippen LogP contribution in [-0.2, 0) is 0 Å². The molecule has 0 heterocycles. The molecule has 2 N–H and O–H groups in total. The van der Waals surface area contributed by atoms with Gasteiger partial charge in [-0.15, -0.1) is 0 Å². The van der Waals surface area contributed by atoms with Gasteiger partial charge in [0.2, 0.25) is 0 Å². The average molecular weight is 387 g/mol. The number of hydrogen-bond acceptors (Lipinski definition) is 2. The number of carbonyl (C=O) groups excluding carboxylic acids is 2. The van der Waals surface area contributed by atoms with Crippen LogP contribution in [0.2, 0.25) is 5.02 Å². The minimum Gasteiger partial charge on any atom is -0.346 e. The van der Waals surface area contributed by atoms with Crippen LogP contribution in [0.3, 0.4) is 0 Å². The van der Waals surface area contributed by atoms with Crippen LogP contribution >= 0.6 is 11.6 Å². The van der Waals surface area contributed by atoms with Gasteiger partial charge in [-0.3, -0.25) is 9.59 Å². The smallest absolute Gasteiger partial charge is 0.258 e. The van der Waals surface area contributed by atoms with Gasteiger partial charge in [0.15, 0.2) is 0 Å². The van der Waals surface area contributed by atoms with Crippen LogP contribution < -0.4 is 10.6 Å². The van der Waals surface area contributed by atoms with Gasteiger partial charge in [-0.1, -0.05) is 29.8 Å². The van der Waals surface area contributed by atoms with Crippen molar-refractivity contribution in [3.63, 3.8) is 0 Å². The molecule has 27 heavy (non-hydrogen) atoms. The number of amides is 2. The predicted molar refractivity (Wildman–Crippen MR) is 105 cm³/mol. The van der Waals surface area contributed by atoms with Crippen molar-refractivity contribution in [2.75, 3.05) is 5.32 Å². The first-order valence-corrected chi connectivity index (χ1v) is 9.16. The van der Waals surface area contributed by atoms with Crippen LogP contribution in [0.4, 0.5) is 10.1 Å². The fourth-order valence-electron chi connectivity index (χ4n) is 2.95. The Kier molecular flexibility index (Phi) is 5.91. The molecule has 2 amide bonds. The Hall–Kier alpha value is -2.66. The molecule has 0 saturated carbocycles. The van der Waals surface area contributed by atoms with Crippen molar-refractivity contribution in [1.82, 2.24) is 5.32 Å². The maximum Gasteiger partial charge on any atom is 0.258 e. The van der Waals surface area contributed by atoms with Crippen molar-refractivity contribution in [2.24, 2.45) is 0 Å². The predicted octanol–water partition coefficient (Wildman–Crippen LogP) is 4.88. The minimum absolute atomic E-state index is 0.0220. The van der Waals surface area contributed by atoms with E-state index in [0.717, 1.165) is 30.9 Å². The Bertz CT molecular complexity index is 911. The van der Waals surface area contributed by atoms with Crippen LogP contribution in [0, 0.1) is 12.7 Å². The molecule has 1 aliphatic carbocycles. The lowest BCUT2D eigenvalue weighted by Gasteiger charge is -2.18. The number of anilines is 1. The third-order valence-corrected chi connectivity index (χ3v) is 4.73. The summed E-state index contributed by atoms with van der Waals surface area (Å²) in [6.45, 7) is 1.80. The van der Waals surface area contributed by atoms with Gasteiger partial charge in [0.05, 0.1) is 5.56 Å². The molecule has 140 valence electrons. The maximum absolute atomic E-state index is 14.0. The molecule has 0 spiro atoms. The molecule has 3 rings (SSSR count). The van der Waals surface area contributed by atoms with Gasteiger partial charge in [-0.05, 0) is 62.1 Å². The molecule has 0 radical (unpaired) electrons. The highest BCUT2D eigenvalue weighted by Gasteiger charge is 2.16. The molecule has 2 aromatic rings. The summed E-state index contributed by atoms with van der Waals surface area (Å²) in [6.07, 6.45) is 7.06. The Morgan fingerprint density at radius 3 is 2.67 bits per heavy atom. The van der Waals surface area contributed by atoms with E-state index >= 15 is 0 Å². The molecule has 4 nitrogen and oxygen atoms in total. The van der Waals surface area contributed by atoms with Gasteiger partial charge in [-0.25, -0.2) is 4.39 Å². The molecule has 0 aromatic heterocycles. The first-order valence-electron chi connectivity index (χ1n) is 8.78. The topological polar surface area (TPSA) is 58.2 Å². The van der Waals surface area contributed by atoms with Crippen LogP contribution in [0.5, 0.6) is 0 Å². The quantitative estimate of drug-likeness (QED) is 0.736. The van der Waals surface area contributed by atoms with E-state index < -0.39 is 11.7 Å². The van der Waals surface area contributed by atoms with Crippen LogP contribution in [0.1, 0.15) is 45.5 Å². The largest absolute Gasteiger partial charge is 0.346 e. The van der Waals surface area contributed by atoms with E-state index in [1.54, 1.807) is 25.1 Å². The monoisotopic (exact) mass is 386 g/mol. The molecule has 0 bridgehead atoms. The molecule has 2 aromatic carbocycles. The summed E-state index contributed by atoms with van der Waals surface area (Å²) in [7, 11) is 0. The first kappa shape index (κ1) is 19.1. The van der Waals surface area contributed by atoms with Crippen molar-refractivity contribution >= 4 is 29.1 Å². The van der Waals surface area contributed by atoms with E-state index in [-0.39, 0.29) is 22.5 Å². The van der Waals surface area contributed by atoms with E-state index in [1.165, 1.54) is 12.1 Å². The molecular weight excluding hydrogens is 367 g/mol. The highest BCUT2D eigenvalue weighted by atomic mass is 35.5. The van der Waals surface area contributed by atoms with Crippen LogP contribution in [0.25, 0.3) is 0 Å². The average Bonchev–Trinajstić information content (AvgIpc) is 2.64. The molecular formula is C21H20ClFN2O2. The minimum atomic E-state index is -0.698. The number of carbonyl (C=O) groups is 2. The first-order chi connectivity index (χ1) is 12.9. The number of rotatable bonds is 4. The summed E-state index contributed by atoms with van der Waals surface area (Å²) >= 11 is 5.72. The van der Waals surface area contributed by atoms with Crippen molar-refractivity contribution < 1.29 is 14.0 Å². The van der Waals surface area contributed by atoms with Crippen molar-refractivity contribution in [2.45, 2.75) is 32.2 Å². The molecule has 6 heteroatoms. The van der Waals surface area contributed by atoms with E-state index in [0.29, 0.717) is 11.3 Å². The fraction of sp³-hybridized carbons (Fsp3) is 0.238. The number of allylic oxidation sites excluding steroid dienone is 1. The Morgan fingerprint density at radius 2 is 1.96 bits per heavy atom. The van der Waals surface area contributed by atoms with E-state index in [9.17, 15) is 14.0 Å². The van der Waals surface area contributed by atoms with Crippen molar-refractivity contribution in [3.8, 4) is 0 Å². The summed E-state index contributed by atoms with van der Waals surface area (Å²) in [5.41, 5.74) is 1.56. The summed E-state index contributed by atoms with van der Waals surface area (Å²) in [4.78, 5) is 24.9. The van der Waals surface area contributed by atoms with E-state index in [2.05, 4.69) is 16.7 Å². The molecule has 1 aliphatic rings. The van der Waals surface area contributed by atoms with Crippen molar-refractivity contribution in [3.05, 3.63) is 76.1 Å². The third-order valence-electron chi connectivity index (χ3n) is 4.49. The highest BCUT2D eigenvalue weighted by Crippen LogP contribution is 2.21. The summed E-state index contributed by atoms with van der Waals surface area (Å²) < 4.78 is 14.0. The summed E-state index contributed by atoms with van der Waals surface area (Å²) in [5.74, 6) is -1.50. The standard InChI is InChI=1S/C21H20ClFN2O2/c1-13-7-8-14(20(26)24-16-5-3-2-4-6-16)11-19(13)25-21(27)17-10-9-15(22)12-18(17)23/h3,5,7-12,16H,2,4,6H2,1H3,(H,24,26)(H,25,27). The third kappa shape index (κ3) is 4.74. The zero-order chi connectivity index (χ0) is 19.4. The lowest BCUT2D eigenvalue weighted by atomic mass is 10.0. The van der Waals surface area contributed by atoms with Gasteiger partial charge in [0.25, 0.3) is 11.8 Å². The zero-order valence-electron chi connectivity index (χ0n) is 14.9. The van der Waals surface area contributed by atoms with Gasteiger partial charge < -0.3 is 10.6 Å². The maximum atomic E-state index is 14.0. The second-order valence-electron chi connectivity index (χ2n) is 6.55. The molecule has 0 fully saturated rings. The van der Waals surface area contributed by atoms with E-state index in [1.807, 2.05) is 6.08 Å². The zero-order valence-corrected chi connectivity index (χ0v) is 15.6. The molecule has 0 aliphatic heterocycles. The number of benzene rings is 2. The lowest BCUT2D eigenvalue weighted by molar-refractivity contribution is 0.0940. The normalized spacial score (nSPS) is 16.0. The molecule has 1 unspecified atom stereocenters. The highest BCUT2D eigenvalue weighted by molar-refractivity contribution is 6.30. The summed E-state index contributed by atoms with van der Waals surface area (Å²) in [6, 6.07) is 8.94. The van der Waals surface area contributed by atoms with E-state index in [4.69, 9.17) is 11.6 Å². The second-order valence-corrected chi connectivity index (χ2v) is 6.98. The van der Waals surface area contributed by atoms with Crippen molar-refractivity contribution in [1.29, 1.82) is 0 Å². The molecule has 0 saturated heterocycles. The SMILES string of the molecule is Cc1ccc(C(=O)NC2C=CCCC2)cc1NC(=O)c1ccc(Cl)cc1F. The lowest BCUT2D eigenvalue weighted by Crippen LogP contribution is -2.34. The Morgan fingerprint density at radius 1 is 1.15 bits per heavy atom. The van der Waals surface area contributed by atoms with Gasteiger partial charge >= 0.3 is 0 Å². The number of aryl methyl sites for hydroxylation is 1. The molecule has 1 atom stereocenters. The number of halogens is 2. The van der Waals surface area contributed by atoms with Gasteiger partial charge in [0, 0.05) is 22.3 Å². The van der Waals surface area contributed by atoms with Gasteiger partial charge in [-0.2, -0.15) is 0 Å². The number of nitrogens with one attached hydrogen (secondary N) is 2. The van der Waals surface area contributed by atoms with Crippen LogP contribution in [-0.4, -0.2) is 17.9 Å². The van der Waals surface area contributed by atoms with Crippen LogP contribution in [0.15, 0.2) is 48.6 Å². The summed E-state index contributed by atoms with van der Waals surface area (Å²) in [5, 5.41) is 5.86. The number of hydrogen-bond donors (Lipinski definition) is 2.